The fourth-order valence-electron chi connectivity index (χ4n) is 2.62. The van der Waals surface area contributed by atoms with Gasteiger partial charge in [0.25, 0.3) is 0 Å². The number of fused-ring (bicyclic) bond motifs is 2. The Morgan fingerprint density at radius 2 is 2.43 bits per heavy atom. The minimum absolute atomic E-state index is 0.0802. The van der Waals surface area contributed by atoms with E-state index in [0.717, 1.165) is 17.8 Å². The summed E-state index contributed by atoms with van der Waals surface area (Å²) in [6, 6.07) is 1.76. The SMILES string of the molecule is C=CCON1C(=O)N2CC(n3ccc(CCN)n3)=CC1C2. The molecule has 1 atom stereocenters. The number of amides is 2. The van der Waals surface area contributed by atoms with Gasteiger partial charge in [-0.15, -0.1) is 6.58 Å². The van der Waals surface area contributed by atoms with Gasteiger partial charge in [-0.1, -0.05) is 6.08 Å². The van der Waals surface area contributed by atoms with E-state index in [9.17, 15) is 4.79 Å². The Morgan fingerprint density at radius 3 is 3.19 bits per heavy atom. The first-order chi connectivity index (χ1) is 10.2. The van der Waals surface area contributed by atoms with Crippen LogP contribution in [0.1, 0.15) is 5.69 Å². The fourth-order valence-corrected chi connectivity index (χ4v) is 2.62. The molecule has 0 aromatic carbocycles. The highest BCUT2D eigenvalue weighted by atomic mass is 16.7. The maximum atomic E-state index is 12.2. The minimum Gasteiger partial charge on any atom is -0.330 e. The number of aromatic nitrogens is 2. The second-order valence-corrected chi connectivity index (χ2v) is 5.09. The number of hydrogen-bond donors (Lipinski definition) is 1. The van der Waals surface area contributed by atoms with Crippen LogP contribution in [0.5, 0.6) is 0 Å². The molecule has 2 amide bonds. The molecule has 0 spiro atoms. The van der Waals surface area contributed by atoms with Gasteiger partial charge in [-0.2, -0.15) is 10.2 Å². The van der Waals surface area contributed by atoms with Crippen molar-refractivity contribution in [2.24, 2.45) is 5.73 Å². The standard InChI is InChI=1S/C14H19N5O2/c1-2-7-21-19-13-8-12(9-17(10-13)14(19)20)18-6-4-11(16-18)3-5-15/h2,4,6,8,13H,1,3,5,7,9-10,15H2. The number of carbonyl (C=O) groups is 1. The number of nitrogens with two attached hydrogens (primary N) is 1. The molecule has 3 heterocycles. The fraction of sp³-hybridized carbons (Fsp3) is 0.429. The molecule has 0 radical (unpaired) electrons. The van der Waals surface area contributed by atoms with Crippen LogP contribution in [0.4, 0.5) is 4.79 Å². The van der Waals surface area contributed by atoms with Gasteiger partial charge >= 0.3 is 6.03 Å². The normalized spacial score (nSPS) is 20.9. The van der Waals surface area contributed by atoms with Crippen LogP contribution in [0, 0.1) is 0 Å². The van der Waals surface area contributed by atoms with E-state index >= 15 is 0 Å². The largest absolute Gasteiger partial charge is 0.345 e. The molecule has 1 aromatic rings. The summed E-state index contributed by atoms with van der Waals surface area (Å²) in [4.78, 5) is 19.4. The zero-order chi connectivity index (χ0) is 14.8. The molecular formula is C14H19N5O2. The Kier molecular flexibility index (Phi) is 3.76. The molecule has 1 unspecified atom stereocenters. The number of nitrogens with zero attached hydrogens (tertiary/aromatic N) is 4. The van der Waals surface area contributed by atoms with Gasteiger partial charge in [0.15, 0.2) is 0 Å². The van der Waals surface area contributed by atoms with Crippen molar-refractivity contribution in [2.45, 2.75) is 12.5 Å². The lowest BCUT2D eigenvalue weighted by atomic mass is 10.2. The quantitative estimate of drug-likeness (QED) is 0.772. The monoisotopic (exact) mass is 289 g/mol. The highest BCUT2D eigenvalue weighted by molar-refractivity contribution is 5.80. The second kappa shape index (κ2) is 5.71. The Morgan fingerprint density at radius 1 is 1.57 bits per heavy atom. The number of hydroxylamine groups is 2. The van der Waals surface area contributed by atoms with Crippen molar-refractivity contribution in [2.75, 3.05) is 26.2 Å². The average Bonchev–Trinajstić information content (AvgIpc) is 3.03. The molecule has 1 saturated heterocycles. The summed E-state index contributed by atoms with van der Waals surface area (Å²) < 4.78 is 1.81. The van der Waals surface area contributed by atoms with E-state index in [1.807, 2.05) is 23.0 Å². The number of urea groups is 1. The van der Waals surface area contributed by atoms with Gasteiger partial charge in [-0.25, -0.2) is 9.48 Å². The predicted molar refractivity (Wildman–Crippen MR) is 78.0 cm³/mol. The van der Waals surface area contributed by atoms with E-state index in [4.69, 9.17) is 10.6 Å². The van der Waals surface area contributed by atoms with Gasteiger partial charge < -0.3 is 10.6 Å². The average molecular weight is 289 g/mol. The van der Waals surface area contributed by atoms with Crippen LogP contribution < -0.4 is 5.73 Å². The Bertz CT molecular complexity index is 580. The number of hydrogen-bond acceptors (Lipinski definition) is 4. The van der Waals surface area contributed by atoms with Crippen LogP contribution in [0.2, 0.25) is 0 Å². The summed E-state index contributed by atoms with van der Waals surface area (Å²) in [6.45, 7) is 5.68. The van der Waals surface area contributed by atoms with E-state index in [0.29, 0.717) is 26.2 Å². The van der Waals surface area contributed by atoms with Gasteiger partial charge in [0.2, 0.25) is 0 Å². The van der Waals surface area contributed by atoms with E-state index < -0.39 is 0 Å². The van der Waals surface area contributed by atoms with Crippen LogP contribution in [0.25, 0.3) is 5.70 Å². The van der Waals surface area contributed by atoms with Crippen LogP contribution in [0.15, 0.2) is 31.0 Å². The lowest BCUT2D eigenvalue weighted by Gasteiger charge is -2.21. The molecular weight excluding hydrogens is 270 g/mol. The highest BCUT2D eigenvalue weighted by Crippen LogP contribution is 2.26. The lowest BCUT2D eigenvalue weighted by molar-refractivity contribution is -0.107. The van der Waals surface area contributed by atoms with Crippen molar-refractivity contribution in [3.63, 3.8) is 0 Å². The van der Waals surface area contributed by atoms with E-state index in [1.165, 1.54) is 5.06 Å². The lowest BCUT2D eigenvalue weighted by Crippen LogP contribution is -2.33. The summed E-state index contributed by atoms with van der Waals surface area (Å²) >= 11 is 0. The van der Waals surface area contributed by atoms with E-state index in [2.05, 4.69) is 11.7 Å². The molecule has 21 heavy (non-hydrogen) atoms. The molecule has 1 fully saturated rings. The van der Waals surface area contributed by atoms with Gasteiger partial charge in [0, 0.05) is 19.2 Å². The molecule has 1 aromatic heterocycles. The van der Waals surface area contributed by atoms with Gasteiger partial charge in [-0.3, -0.25) is 4.84 Å². The van der Waals surface area contributed by atoms with Crippen molar-refractivity contribution in [3.05, 3.63) is 36.7 Å². The van der Waals surface area contributed by atoms with Crippen molar-refractivity contribution in [3.8, 4) is 0 Å². The highest BCUT2D eigenvalue weighted by Gasteiger charge is 2.41. The summed E-state index contributed by atoms with van der Waals surface area (Å²) in [5.41, 5.74) is 7.47. The van der Waals surface area contributed by atoms with Gasteiger partial charge in [0.1, 0.15) is 0 Å². The van der Waals surface area contributed by atoms with Crippen molar-refractivity contribution in [1.29, 1.82) is 0 Å². The molecule has 0 saturated carbocycles. The maximum Gasteiger partial charge on any atom is 0.345 e. The zero-order valence-corrected chi connectivity index (χ0v) is 11.8. The summed E-state index contributed by atoms with van der Waals surface area (Å²) in [5.74, 6) is 0. The Balaban J connectivity index is 1.79. The van der Waals surface area contributed by atoms with Crippen molar-refractivity contribution < 1.29 is 9.63 Å². The van der Waals surface area contributed by atoms with Crippen molar-refractivity contribution >= 4 is 11.7 Å². The molecule has 7 nitrogen and oxygen atoms in total. The maximum absolute atomic E-state index is 12.2. The smallest absolute Gasteiger partial charge is 0.330 e. The topological polar surface area (TPSA) is 76.6 Å². The minimum atomic E-state index is -0.109. The van der Waals surface area contributed by atoms with Crippen LogP contribution >= 0.6 is 0 Å². The first-order valence-corrected chi connectivity index (χ1v) is 7.00. The van der Waals surface area contributed by atoms with Crippen molar-refractivity contribution in [1.82, 2.24) is 19.7 Å². The third kappa shape index (κ3) is 2.57. The van der Waals surface area contributed by atoms with Gasteiger partial charge in [-0.05, 0) is 18.7 Å². The molecule has 7 heteroatoms. The van der Waals surface area contributed by atoms with E-state index in [1.54, 1.807) is 11.0 Å². The molecule has 3 rings (SSSR count). The van der Waals surface area contributed by atoms with Gasteiger partial charge in [0.05, 0.1) is 30.6 Å². The zero-order valence-electron chi connectivity index (χ0n) is 11.8. The van der Waals surface area contributed by atoms with E-state index in [-0.39, 0.29) is 12.1 Å². The predicted octanol–water partition coefficient (Wildman–Crippen LogP) is 0.463. The summed E-state index contributed by atoms with van der Waals surface area (Å²) in [5, 5.41) is 5.90. The number of rotatable bonds is 6. The van der Waals surface area contributed by atoms with Crippen LogP contribution in [-0.4, -0.2) is 58.1 Å². The van der Waals surface area contributed by atoms with Crippen LogP contribution in [-0.2, 0) is 11.3 Å². The first kappa shape index (κ1) is 13.8. The molecule has 2 N–H and O–H groups in total. The third-order valence-electron chi connectivity index (χ3n) is 3.58. The second-order valence-electron chi connectivity index (χ2n) is 5.09. The molecule has 0 aliphatic carbocycles. The molecule has 112 valence electrons. The molecule has 2 aliphatic rings. The molecule has 2 aliphatic heterocycles. The number of carbonyl (C=O) groups excluding carboxylic acids is 1. The summed E-state index contributed by atoms with van der Waals surface area (Å²) in [6.07, 6.45) is 6.31. The summed E-state index contributed by atoms with van der Waals surface area (Å²) in [7, 11) is 0. The Hall–Kier alpha value is -2.12. The third-order valence-corrected chi connectivity index (χ3v) is 3.58. The first-order valence-electron chi connectivity index (χ1n) is 7.00. The molecule has 2 bridgehead atoms. The van der Waals surface area contributed by atoms with Crippen LogP contribution in [0.3, 0.4) is 0 Å². The Labute approximate surface area is 123 Å².